The summed E-state index contributed by atoms with van der Waals surface area (Å²) in [5.41, 5.74) is 4.03. The fourth-order valence-corrected chi connectivity index (χ4v) is 10.1. The molecule has 0 fully saturated rings. The molecule has 0 spiro atoms. The van der Waals surface area contributed by atoms with Crippen LogP contribution in [0.15, 0.2) is 121 Å². The number of alkyl halides is 3. The van der Waals surface area contributed by atoms with E-state index < -0.39 is 23.6 Å². The average molecular weight is 833 g/mol. The Kier molecular flexibility index (Phi) is 8.84. The first-order valence-electron chi connectivity index (χ1n) is 21.7. The molecule has 63 heavy (non-hydrogen) atoms. The van der Waals surface area contributed by atoms with Crippen molar-refractivity contribution >= 4 is 49.2 Å². The summed E-state index contributed by atoms with van der Waals surface area (Å²) >= 11 is 0. The molecule has 0 saturated carbocycles. The van der Waals surface area contributed by atoms with E-state index in [9.17, 15) is 10.5 Å². The van der Waals surface area contributed by atoms with Crippen molar-refractivity contribution in [3.05, 3.63) is 160 Å². The maximum absolute atomic E-state index is 17.8. The summed E-state index contributed by atoms with van der Waals surface area (Å²) in [6, 6.07) is 38.5. The van der Waals surface area contributed by atoms with Gasteiger partial charge in [0.1, 0.15) is 17.8 Å². The van der Waals surface area contributed by atoms with Crippen molar-refractivity contribution in [2.24, 2.45) is 0 Å². The molecule has 6 aromatic carbocycles. The molecule has 2 heterocycles. The number of halogens is 3. The zero-order valence-electron chi connectivity index (χ0n) is 36.6. The number of benzene rings is 6. The van der Waals surface area contributed by atoms with Gasteiger partial charge in [0, 0.05) is 27.1 Å². The Labute approximate surface area is 365 Å². The van der Waals surface area contributed by atoms with Crippen LogP contribution < -0.4 is 0 Å². The van der Waals surface area contributed by atoms with E-state index in [0.29, 0.717) is 22.1 Å². The smallest absolute Gasteiger partial charge is 0.279 e. The summed E-state index contributed by atoms with van der Waals surface area (Å²) in [5.74, 6) is -3.72. The fraction of sp³-hybridized carbons (Fsp3) is 0.250. The SMILES string of the molecule is CC(C)(C)c1ccc2c(c1)c1cc(-c3ccccc3)ccc1n2-c1c(C#N)c(C#N)c(-n2c3ccc(C4=CCCC=C4)cc3c3cc(C(C)(C)C)ccc32)c2c1C(C)(F)CC2(F)F. The zero-order valence-corrected chi connectivity index (χ0v) is 36.6. The van der Waals surface area contributed by atoms with Crippen LogP contribution in [0.2, 0.25) is 0 Å². The Bertz CT molecular complexity index is 3400. The summed E-state index contributed by atoms with van der Waals surface area (Å²) in [5, 5.41) is 26.0. The van der Waals surface area contributed by atoms with Gasteiger partial charge in [0.05, 0.1) is 56.6 Å². The lowest BCUT2D eigenvalue weighted by Gasteiger charge is -2.25. The van der Waals surface area contributed by atoms with Crippen LogP contribution in [-0.4, -0.2) is 9.13 Å². The second-order valence-electron chi connectivity index (χ2n) is 19.6. The molecule has 2 aromatic heterocycles. The maximum atomic E-state index is 17.8. The highest BCUT2D eigenvalue weighted by Crippen LogP contribution is 2.59. The van der Waals surface area contributed by atoms with E-state index >= 15 is 13.2 Å². The zero-order chi connectivity index (χ0) is 44.4. The van der Waals surface area contributed by atoms with Crippen LogP contribution in [0.4, 0.5) is 13.2 Å². The fourth-order valence-electron chi connectivity index (χ4n) is 10.1. The Balaban J connectivity index is 1.36. The van der Waals surface area contributed by atoms with Gasteiger partial charge in [-0.1, -0.05) is 114 Å². The molecule has 0 aliphatic heterocycles. The number of nitrogens with zero attached hydrogens (tertiary/aromatic N) is 4. The van der Waals surface area contributed by atoms with E-state index in [1.165, 1.54) is 6.92 Å². The minimum atomic E-state index is -3.72. The van der Waals surface area contributed by atoms with Crippen LogP contribution >= 0.6 is 0 Å². The van der Waals surface area contributed by atoms with E-state index in [1.54, 1.807) is 9.13 Å². The van der Waals surface area contributed by atoms with E-state index in [4.69, 9.17) is 0 Å². The molecular formula is C56H47F3N4. The van der Waals surface area contributed by atoms with Crippen LogP contribution in [0.1, 0.15) is 107 Å². The normalized spacial score (nSPS) is 17.4. The molecule has 1 atom stereocenters. The summed E-state index contributed by atoms with van der Waals surface area (Å²) < 4.78 is 56.0. The Morgan fingerprint density at radius 2 is 1.03 bits per heavy atom. The van der Waals surface area contributed by atoms with Crippen molar-refractivity contribution < 1.29 is 13.2 Å². The van der Waals surface area contributed by atoms with Gasteiger partial charge in [0.25, 0.3) is 5.92 Å². The van der Waals surface area contributed by atoms with Gasteiger partial charge in [-0.05, 0) is 113 Å². The molecule has 0 amide bonds. The second-order valence-corrected chi connectivity index (χ2v) is 19.6. The summed E-state index contributed by atoms with van der Waals surface area (Å²) in [6.45, 7) is 13.9. The quantitative estimate of drug-likeness (QED) is 0.177. The van der Waals surface area contributed by atoms with Crippen molar-refractivity contribution in [2.45, 2.75) is 90.1 Å². The second kappa shape index (κ2) is 13.8. The monoisotopic (exact) mass is 832 g/mol. The number of allylic oxidation sites excluding steroid dienone is 4. The molecular weight excluding hydrogens is 786 g/mol. The Hall–Kier alpha value is -6.83. The third-order valence-electron chi connectivity index (χ3n) is 13.3. The molecule has 0 saturated heterocycles. The number of rotatable bonds is 4. The average Bonchev–Trinajstić information content (AvgIpc) is 3.82. The third kappa shape index (κ3) is 6.16. The molecule has 8 aromatic rings. The van der Waals surface area contributed by atoms with Crippen molar-refractivity contribution in [2.75, 3.05) is 0 Å². The van der Waals surface area contributed by atoms with Crippen LogP contribution in [0.25, 0.3) is 71.7 Å². The Morgan fingerprint density at radius 1 is 0.556 bits per heavy atom. The molecule has 0 radical (unpaired) electrons. The minimum absolute atomic E-state index is 0.0277. The first-order valence-corrected chi connectivity index (χ1v) is 21.7. The van der Waals surface area contributed by atoms with Gasteiger partial charge in [0.2, 0.25) is 0 Å². The lowest BCUT2D eigenvalue weighted by molar-refractivity contribution is -0.0361. The minimum Gasteiger partial charge on any atom is -0.307 e. The molecule has 1 unspecified atom stereocenters. The predicted molar refractivity (Wildman–Crippen MR) is 251 cm³/mol. The van der Waals surface area contributed by atoms with Gasteiger partial charge in [-0.25, -0.2) is 13.2 Å². The molecule has 2 aliphatic rings. The van der Waals surface area contributed by atoms with Gasteiger partial charge in [-0.3, -0.25) is 0 Å². The largest absolute Gasteiger partial charge is 0.307 e. The number of nitriles is 2. The van der Waals surface area contributed by atoms with Crippen LogP contribution in [0, 0.1) is 22.7 Å². The number of hydrogen-bond acceptors (Lipinski definition) is 2. The van der Waals surface area contributed by atoms with E-state index in [2.05, 4.69) is 96.2 Å². The van der Waals surface area contributed by atoms with Gasteiger partial charge < -0.3 is 9.13 Å². The number of hydrogen-bond donors (Lipinski definition) is 0. The van der Waals surface area contributed by atoms with Crippen molar-refractivity contribution in [3.63, 3.8) is 0 Å². The highest BCUT2D eigenvalue weighted by Gasteiger charge is 2.57. The van der Waals surface area contributed by atoms with E-state index in [1.807, 2.05) is 78.9 Å². The molecule has 312 valence electrons. The highest BCUT2D eigenvalue weighted by atomic mass is 19.3. The third-order valence-corrected chi connectivity index (χ3v) is 13.3. The summed E-state index contributed by atoms with van der Waals surface area (Å²) in [7, 11) is 0. The molecule has 4 nitrogen and oxygen atoms in total. The van der Waals surface area contributed by atoms with Crippen molar-refractivity contribution in [3.8, 4) is 34.6 Å². The number of aromatic nitrogens is 2. The van der Waals surface area contributed by atoms with Crippen LogP contribution in [0.5, 0.6) is 0 Å². The molecule has 0 N–H and O–H groups in total. The molecule has 0 bridgehead atoms. The van der Waals surface area contributed by atoms with Gasteiger partial charge in [0.15, 0.2) is 0 Å². The van der Waals surface area contributed by atoms with Gasteiger partial charge in [-0.15, -0.1) is 0 Å². The summed E-state index contributed by atoms with van der Waals surface area (Å²) in [6.07, 6.45) is 7.18. The lowest BCUT2D eigenvalue weighted by atomic mass is 9.86. The van der Waals surface area contributed by atoms with E-state index in [0.717, 1.165) is 67.8 Å². The van der Waals surface area contributed by atoms with Gasteiger partial charge in [-0.2, -0.15) is 10.5 Å². The lowest BCUT2D eigenvalue weighted by Crippen LogP contribution is -2.18. The summed E-state index contributed by atoms with van der Waals surface area (Å²) in [4.78, 5) is 0. The molecule has 7 heteroatoms. The molecule has 10 rings (SSSR count). The standard InChI is InChI=1S/C56H47F3N4/c1-53(2,3)37-20-24-47-41(28-37)39-26-35(33-14-10-8-11-15-33)18-22-45(39)62(47)51-43(30-60)44(31-61)52(50-49(51)55(7,57)32-56(50,58)59)63-46-23-19-36(34-16-12-9-13-17-34)27-40(46)42-29-38(54(4,5)6)21-25-48(42)63/h8,10-12,14-29H,9,13,32H2,1-7H3. The number of fused-ring (bicyclic) bond motifs is 7. The van der Waals surface area contributed by atoms with Crippen molar-refractivity contribution in [1.29, 1.82) is 10.5 Å². The molecule has 2 aliphatic carbocycles. The maximum Gasteiger partial charge on any atom is 0.279 e. The van der Waals surface area contributed by atoms with E-state index in [-0.39, 0.29) is 38.9 Å². The van der Waals surface area contributed by atoms with Crippen LogP contribution in [-0.2, 0) is 22.4 Å². The highest BCUT2D eigenvalue weighted by molar-refractivity contribution is 6.13. The van der Waals surface area contributed by atoms with Crippen LogP contribution in [0.3, 0.4) is 0 Å². The first kappa shape index (κ1) is 40.3. The first-order chi connectivity index (χ1) is 29.9. The van der Waals surface area contributed by atoms with Crippen molar-refractivity contribution in [1.82, 2.24) is 9.13 Å². The Morgan fingerprint density at radius 3 is 1.52 bits per heavy atom. The predicted octanol–water partition coefficient (Wildman–Crippen LogP) is 15.3. The topological polar surface area (TPSA) is 57.4 Å². The van der Waals surface area contributed by atoms with Gasteiger partial charge >= 0.3 is 0 Å².